The molecule has 7 nitrogen and oxygen atoms in total. The number of esters is 1. The summed E-state index contributed by atoms with van der Waals surface area (Å²) in [7, 11) is 0. The molecule has 1 aliphatic rings. The standard InChI is InChI=1S/C22H24N2O5/c1-5-12(2)19(24-20(26)15-8-6-7-9-16(15)21(24)27)22(28)29-11-18(25)17-10-13(3)23-14(17)4/h6-10,12,19,23H,5,11H2,1-4H3/t12-,19-/m0/s1. The molecule has 1 aromatic heterocycles. The summed E-state index contributed by atoms with van der Waals surface area (Å²) in [4.78, 5) is 54.9. The zero-order chi connectivity index (χ0) is 21.3. The van der Waals surface area contributed by atoms with Gasteiger partial charge in [0.05, 0.1) is 11.1 Å². The van der Waals surface area contributed by atoms with Gasteiger partial charge in [0.2, 0.25) is 5.78 Å². The second-order valence-electron chi connectivity index (χ2n) is 7.38. The largest absolute Gasteiger partial charge is 0.456 e. The minimum atomic E-state index is -1.09. The second kappa shape index (κ2) is 8.03. The number of amides is 2. The average Bonchev–Trinajstić information content (AvgIpc) is 3.17. The molecule has 0 bridgehead atoms. The van der Waals surface area contributed by atoms with Crippen LogP contribution in [0.25, 0.3) is 0 Å². The Morgan fingerprint density at radius 2 is 1.69 bits per heavy atom. The molecule has 1 aromatic carbocycles. The van der Waals surface area contributed by atoms with Crippen LogP contribution in [0.2, 0.25) is 0 Å². The number of H-pyrrole nitrogens is 1. The summed E-state index contributed by atoms with van der Waals surface area (Å²) in [5, 5.41) is 0. The van der Waals surface area contributed by atoms with Gasteiger partial charge in [0, 0.05) is 17.0 Å². The number of hydrogen-bond donors (Lipinski definition) is 1. The van der Waals surface area contributed by atoms with Crippen molar-refractivity contribution in [3.63, 3.8) is 0 Å². The average molecular weight is 396 g/mol. The fourth-order valence-corrected chi connectivity index (χ4v) is 3.59. The van der Waals surface area contributed by atoms with Crippen LogP contribution in [-0.2, 0) is 9.53 Å². The highest BCUT2D eigenvalue weighted by molar-refractivity contribution is 6.22. The normalized spacial score (nSPS) is 15.2. The number of Topliss-reactive ketones (excluding diaryl/α,β-unsaturated/α-hetero) is 1. The third kappa shape index (κ3) is 3.72. The lowest BCUT2D eigenvalue weighted by Crippen LogP contribution is -2.49. The number of rotatable bonds is 7. The summed E-state index contributed by atoms with van der Waals surface area (Å²) in [5.41, 5.74) is 2.53. The summed E-state index contributed by atoms with van der Waals surface area (Å²) < 4.78 is 5.27. The van der Waals surface area contributed by atoms with E-state index in [-0.39, 0.29) is 22.8 Å². The van der Waals surface area contributed by atoms with Crippen LogP contribution in [-0.4, -0.2) is 46.1 Å². The summed E-state index contributed by atoms with van der Waals surface area (Å²) in [5.74, 6) is -2.46. The number of imide groups is 1. The van der Waals surface area contributed by atoms with Crippen LogP contribution in [0.3, 0.4) is 0 Å². The Bertz CT molecular complexity index is 956. The molecule has 0 unspecified atom stereocenters. The SMILES string of the molecule is CC[C@H](C)[C@@H](C(=O)OCC(=O)c1cc(C)[nH]c1C)N1C(=O)c2ccccc2C1=O. The quantitative estimate of drug-likeness (QED) is 0.441. The minimum Gasteiger partial charge on any atom is -0.456 e. The third-order valence-electron chi connectivity index (χ3n) is 5.32. The van der Waals surface area contributed by atoms with Gasteiger partial charge in [0.15, 0.2) is 6.61 Å². The smallest absolute Gasteiger partial charge is 0.330 e. The van der Waals surface area contributed by atoms with Crippen LogP contribution in [0.5, 0.6) is 0 Å². The van der Waals surface area contributed by atoms with Crippen molar-refractivity contribution in [1.29, 1.82) is 0 Å². The number of aryl methyl sites for hydroxylation is 2. The second-order valence-corrected chi connectivity index (χ2v) is 7.38. The van der Waals surface area contributed by atoms with E-state index in [1.165, 1.54) is 0 Å². The monoisotopic (exact) mass is 396 g/mol. The molecule has 2 atom stereocenters. The third-order valence-corrected chi connectivity index (χ3v) is 5.32. The molecule has 0 saturated carbocycles. The number of aromatic nitrogens is 1. The molecule has 0 radical (unpaired) electrons. The maximum Gasteiger partial charge on any atom is 0.330 e. The predicted octanol–water partition coefficient (Wildman–Crippen LogP) is 3.07. The Morgan fingerprint density at radius 3 is 2.17 bits per heavy atom. The summed E-state index contributed by atoms with van der Waals surface area (Å²) in [6.07, 6.45) is 0.553. The van der Waals surface area contributed by atoms with E-state index in [1.54, 1.807) is 44.2 Å². The van der Waals surface area contributed by atoms with Crippen molar-refractivity contribution in [2.75, 3.05) is 6.61 Å². The Balaban J connectivity index is 1.80. The van der Waals surface area contributed by atoms with E-state index in [0.717, 1.165) is 10.6 Å². The fraction of sp³-hybridized carbons (Fsp3) is 0.364. The van der Waals surface area contributed by atoms with E-state index in [4.69, 9.17) is 4.74 Å². The highest BCUT2D eigenvalue weighted by Crippen LogP contribution is 2.28. The van der Waals surface area contributed by atoms with Gasteiger partial charge >= 0.3 is 5.97 Å². The van der Waals surface area contributed by atoms with E-state index in [2.05, 4.69) is 4.98 Å². The molecule has 7 heteroatoms. The van der Waals surface area contributed by atoms with Crippen LogP contribution >= 0.6 is 0 Å². The van der Waals surface area contributed by atoms with Gasteiger partial charge in [-0.1, -0.05) is 32.4 Å². The van der Waals surface area contributed by atoms with Crippen molar-refractivity contribution in [2.45, 2.75) is 40.2 Å². The van der Waals surface area contributed by atoms with E-state index in [9.17, 15) is 19.2 Å². The first kappa shape index (κ1) is 20.5. The number of ketones is 1. The Labute approximate surface area is 169 Å². The number of nitrogens with zero attached hydrogens (tertiary/aromatic N) is 1. The number of ether oxygens (including phenoxy) is 1. The zero-order valence-electron chi connectivity index (χ0n) is 16.9. The lowest BCUT2D eigenvalue weighted by Gasteiger charge is -2.28. The summed E-state index contributed by atoms with van der Waals surface area (Å²) >= 11 is 0. The molecule has 152 valence electrons. The molecule has 0 saturated heterocycles. The van der Waals surface area contributed by atoms with Crippen molar-refractivity contribution in [1.82, 2.24) is 9.88 Å². The number of aromatic amines is 1. The van der Waals surface area contributed by atoms with Crippen LogP contribution in [0.15, 0.2) is 30.3 Å². The van der Waals surface area contributed by atoms with Gasteiger partial charge in [-0.15, -0.1) is 0 Å². The Kier molecular flexibility index (Phi) is 5.68. The maximum absolute atomic E-state index is 12.9. The maximum atomic E-state index is 12.9. The molecule has 1 aliphatic heterocycles. The van der Waals surface area contributed by atoms with E-state index >= 15 is 0 Å². The highest BCUT2D eigenvalue weighted by Gasteiger charge is 2.45. The molecule has 2 amide bonds. The van der Waals surface area contributed by atoms with Crippen molar-refractivity contribution in [3.05, 3.63) is 58.4 Å². The Hall–Kier alpha value is -3.22. The van der Waals surface area contributed by atoms with Gasteiger partial charge in [-0.25, -0.2) is 4.79 Å². The molecule has 3 rings (SSSR count). The number of fused-ring (bicyclic) bond motifs is 1. The van der Waals surface area contributed by atoms with Crippen LogP contribution in [0.1, 0.15) is 62.7 Å². The van der Waals surface area contributed by atoms with Crippen LogP contribution < -0.4 is 0 Å². The first-order valence-corrected chi connectivity index (χ1v) is 9.59. The summed E-state index contributed by atoms with van der Waals surface area (Å²) in [6.45, 7) is 6.78. The van der Waals surface area contributed by atoms with Gasteiger partial charge in [-0.3, -0.25) is 19.3 Å². The lowest BCUT2D eigenvalue weighted by molar-refractivity contribution is -0.149. The van der Waals surface area contributed by atoms with Crippen LogP contribution in [0.4, 0.5) is 0 Å². The predicted molar refractivity (Wildman–Crippen MR) is 106 cm³/mol. The summed E-state index contributed by atoms with van der Waals surface area (Å²) in [6, 6.07) is 7.08. The van der Waals surface area contributed by atoms with Crippen molar-refractivity contribution in [2.24, 2.45) is 5.92 Å². The van der Waals surface area contributed by atoms with Gasteiger partial charge in [0.1, 0.15) is 6.04 Å². The number of carbonyl (C=O) groups excluding carboxylic acids is 4. The Morgan fingerprint density at radius 1 is 1.10 bits per heavy atom. The highest BCUT2D eigenvalue weighted by atomic mass is 16.5. The lowest BCUT2D eigenvalue weighted by atomic mass is 9.97. The molecule has 2 heterocycles. The molecule has 0 aliphatic carbocycles. The fourth-order valence-electron chi connectivity index (χ4n) is 3.59. The molecule has 0 spiro atoms. The van der Waals surface area contributed by atoms with Crippen molar-refractivity contribution >= 4 is 23.6 Å². The van der Waals surface area contributed by atoms with E-state index < -0.39 is 30.4 Å². The first-order chi connectivity index (χ1) is 13.8. The van der Waals surface area contributed by atoms with Crippen molar-refractivity contribution < 1.29 is 23.9 Å². The van der Waals surface area contributed by atoms with E-state index in [1.807, 2.05) is 13.8 Å². The van der Waals surface area contributed by atoms with Gasteiger partial charge in [-0.05, 0) is 38.0 Å². The molecule has 1 N–H and O–H groups in total. The molecule has 0 fully saturated rings. The van der Waals surface area contributed by atoms with E-state index in [0.29, 0.717) is 17.7 Å². The molecular weight excluding hydrogens is 372 g/mol. The van der Waals surface area contributed by atoms with Gasteiger partial charge in [-0.2, -0.15) is 0 Å². The topological polar surface area (TPSA) is 96.5 Å². The van der Waals surface area contributed by atoms with Crippen LogP contribution in [0, 0.1) is 19.8 Å². The van der Waals surface area contributed by atoms with Gasteiger partial charge < -0.3 is 9.72 Å². The number of nitrogens with one attached hydrogen (secondary N) is 1. The number of hydrogen-bond acceptors (Lipinski definition) is 5. The number of carbonyl (C=O) groups is 4. The molecule has 29 heavy (non-hydrogen) atoms. The van der Waals surface area contributed by atoms with Gasteiger partial charge in [0.25, 0.3) is 11.8 Å². The van der Waals surface area contributed by atoms with Crippen molar-refractivity contribution in [3.8, 4) is 0 Å². The molecular formula is C22H24N2O5. The zero-order valence-corrected chi connectivity index (χ0v) is 16.9. The number of benzene rings is 1. The molecule has 2 aromatic rings. The minimum absolute atomic E-state index is 0.271. The first-order valence-electron chi connectivity index (χ1n) is 9.59.